The van der Waals surface area contributed by atoms with Gasteiger partial charge in [-0.05, 0) is 37.8 Å². The Labute approximate surface area is 84.4 Å². The van der Waals surface area contributed by atoms with E-state index in [1.807, 2.05) is 0 Å². The van der Waals surface area contributed by atoms with Crippen molar-refractivity contribution in [3.63, 3.8) is 0 Å². The molecule has 3 nitrogen and oxygen atoms in total. The molecular formula is C11H16NO2-. The highest BCUT2D eigenvalue weighted by atomic mass is 16.4. The molecule has 2 aliphatic rings. The van der Waals surface area contributed by atoms with E-state index in [2.05, 4.69) is 11.9 Å². The van der Waals surface area contributed by atoms with Crippen LogP contribution in [0, 0.1) is 11.8 Å². The SMILES string of the molecule is CN1CC2CCCC(C1)C2=CC(=O)[O-]. The summed E-state index contributed by atoms with van der Waals surface area (Å²) in [5.41, 5.74) is 1.13. The standard InChI is InChI=1S/C11H17NO2/c1-12-6-8-3-2-4-9(7-12)10(8)5-11(13)14/h5,8-9H,2-4,6-7H2,1H3,(H,13,14)/p-1. The Morgan fingerprint density at radius 3 is 2.50 bits per heavy atom. The second-order valence-corrected chi connectivity index (χ2v) is 4.51. The smallest absolute Gasteiger partial charge is 0.0642 e. The van der Waals surface area contributed by atoms with E-state index in [1.165, 1.54) is 12.5 Å². The van der Waals surface area contributed by atoms with Crippen LogP contribution in [0.3, 0.4) is 0 Å². The maximum Gasteiger partial charge on any atom is 0.0642 e. The minimum Gasteiger partial charge on any atom is -0.545 e. The molecule has 0 spiro atoms. The van der Waals surface area contributed by atoms with Gasteiger partial charge in [-0.15, -0.1) is 0 Å². The Morgan fingerprint density at radius 1 is 1.43 bits per heavy atom. The molecule has 1 aliphatic carbocycles. The second kappa shape index (κ2) is 3.73. The first-order chi connectivity index (χ1) is 6.66. The summed E-state index contributed by atoms with van der Waals surface area (Å²) >= 11 is 0. The van der Waals surface area contributed by atoms with Gasteiger partial charge in [-0.1, -0.05) is 12.0 Å². The van der Waals surface area contributed by atoms with Gasteiger partial charge >= 0.3 is 0 Å². The summed E-state index contributed by atoms with van der Waals surface area (Å²) in [5, 5.41) is 10.6. The molecule has 1 saturated carbocycles. The maximum atomic E-state index is 10.6. The second-order valence-electron chi connectivity index (χ2n) is 4.51. The molecule has 2 fully saturated rings. The van der Waals surface area contributed by atoms with Crippen molar-refractivity contribution >= 4 is 5.97 Å². The average Bonchev–Trinajstić information content (AvgIpc) is 2.05. The van der Waals surface area contributed by atoms with Crippen molar-refractivity contribution < 1.29 is 9.90 Å². The molecule has 1 saturated heterocycles. The summed E-state index contributed by atoms with van der Waals surface area (Å²) < 4.78 is 0. The van der Waals surface area contributed by atoms with Gasteiger partial charge < -0.3 is 14.8 Å². The Morgan fingerprint density at radius 2 is 2.00 bits per heavy atom. The summed E-state index contributed by atoms with van der Waals surface area (Å²) in [4.78, 5) is 12.9. The molecule has 78 valence electrons. The van der Waals surface area contributed by atoms with Crippen molar-refractivity contribution in [3.05, 3.63) is 11.6 Å². The zero-order valence-corrected chi connectivity index (χ0v) is 8.53. The van der Waals surface area contributed by atoms with E-state index >= 15 is 0 Å². The number of likely N-dealkylation sites (tertiary alicyclic amines) is 1. The summed E-state index contributed by atoms with van der Waals surface area (Å²) in [6, 6.07) is 0. The van der Waals surface area contributed by atoms with Gasteiger partial charge in [0.25, 0.3) is 0 Å². The molecule has 3 heteroatoms. The Bertz CT molecular complexity index is 256. The quantitative estimate of drug-likeness (QED) is 0.553. The molecule has 0 N–H and O–H groups in total. The Balaban J connectivity index is 2.20. The number of carboxylic acid groups (broad SMARTS) is 1. The summed E-state index contributed by atoms with van der Waals surface area (Å²) in [6.45, 7) is 2.02. The van der Waals surface area contributed by atoms with Gasteiger partial charge in [0.15, 0.2) is 0 Å². The van der Waals surface area contributed by atoms with Gasteiger partial charge in [0.05, 0.1) is 5.97 Å². The number of piperidine rings is 1. The minimum atomic E-state index is -1.03. The number of hydrogen-bond donors (Lipinski definition) is 0. The number of carbonyl (C=O) groups excluding carboxylic acids is 1. The molecule has 0 aromatic heterocycles. The fourth-order valence-electron chi connectivity index (χ4n) is 2.87. The minimum absolute atomic E-state index is 0.463. The van der Waals surface area contributed by atoms with Crippen molar-refractivity contribution in [2.45, 2.75) is 19.3 Å². The molecule has 0 aromatic carbocycles. The van der Waals surface area contributed by atoms with E-state index in [0.29, 0.717) is 11.8 Å². The summed E-state index contributed by atoms with van der Waals surface area (Å²) in [5.74, 6) is -0.0998. The van der Waals surface area contributed by atoms with Crippen LogP contribution in [0.25, 0.3) is 0 Å². The average molecular weight is 194 g/mol. The third kappa shape index (κ3) is 1.82. The third-order valence-electron chi connectivity index (χ3n) is 3.40. The first-order valence-electron chi connectivity index (χ1n) is 5.28. The van der Waals surface area contributed by atoms with Crippen LogP contribution in [-0.4, -0.2) is 31.0 Å². The largest absolute Gasteiger partial charge is 0.545 e. The van der Waals surface area contributed by atoms with Crippen LogP contribution >= 0.6 is 0 Å². The Hall–Kier alpha value is -0.830. The van der Waals surface area contributed by atoms with E-state index in [0.717, 1.165) is 31.5 Å². The predicted octanol–water partition coefficient (Wildman–Crippen LogP) is 0.0244. The van der Waals surface area contributed by atoms with Gasteiger partial charge in [0.1, 0.15) is 0 Å². The lowest BCUT2D eigenvalue weighted by atomic mass is 9.73. The van der Waals surface area contributed by atoms with E-state index in [1.54, 1.807) is 0 Å². The number of fused-ring (bicyclic) bond motifs is 2. The van der Waals surface area contributed by atoms with Crippen LogP contribution in [-0.2, 0) is 4.79 Å². The monoisotopic (exact) mass is 194 g/mol. The van der Waals surface area contributed by atoms with E-state index in [9.17, 15) is 9.90 Å². The number of carboxylic acids is 1. The van der Waals surface area contributed by atoms with Crippen LogP contribution < -0.4 is 5.11 Å². The number of aliphatic carboxylic acids is 1. The van der Waals surface area contributed by atoms with Crippen molar-refractivity contribution in [1.82, 2.24) is 4.90 Å². The van der Waals surface area contributed by atoms with Gasteiger partial charge in [-0.25, -0.2) is 0 Å². The molecule has 2 rings (SSSR count). The molecule has 0 radical (unpaired) electrons. The van der Waals surface area contributed by atoms with Gasteiger partial charge in [-0.3, -0.25) is 0 Å². The first-order valence-corrected chi connectivity index (χ1v) is 5.28. The topological polar surface area (TPSA) is 43.4 Å². The third-order valence-corrected chi connectivity index (χ3v) is 3.40. The van der Waals surface area contributed by atoms with Gasteiger partial charge in [0.2, 0.25) is 0 Å². The number of nitrogens with zero attached hydrogens (tertiary/aromatic N) is 1. The highest BCUT2D eigenvalue weighted by Gasteiger charge is 2.33. The molecular weight excluding hydrogens is 178 g/mol. The molecule has 1 heterocycles. The van der Waals surface area contributed by atoms with Crippen molar-refractivity contribution in [2.75, 3.05) is 20.1 Å². The van der Waals surface area contributed by atoms with Crippen LogP contribution in [0.1, 0.15) is 19.3 Å². The number of carbonyl (C=O) groups is 1. The van der Waals surface area contributed by atoms with Crippen LogP contribution in [0.15, 0.2) is 11.6 Å². The summed E-state index contributed by atoms with van der Waals surface area (Å²) in [7, 11) is 2.11. The lowest BCUT2D eigenvalue weighted by Crippen LogP contribution is -2.42. The zero-order valence-electron chi connectivity index (χ0n) is 8.53. The van der Waals surface area contributed by atoms with Gasteiger partial charge in [0, 0.05) is 13.1 Å². The van der Waals surface area contributed by atoms with Crippen molar-refractivity contribution in [1.29, 1.82) is 0 Å². The zero-order chi connectivity index (χ0) is 10.1. The molecule has 2 atom stereocenters. The lowest BCUT2D eigenvalue weighted by molar-refractivity contribution is -0.297. The van der Waals surface area contributed by atoms with E-state index in [-0.39, 0.29) is 0 Å². The molecule has 2 bridgehead atoms. The van der Waals surface area contributed by atoms with Crippen LogP contribution in [0.4, 0.5) is 0 Å². The molecule has 0 amide bonds. The van der Waals surface area contributed by atoms with Crippen molar-refractivity contribution in [3.8, 4) is 0 Å². The normalized spacial score (nSPS) is 32.8. The highest BCUT2D eigenvalue weighted by Crippen LogP contribution is 2.38. The van der Waals surface area contributed by atoms with Crippen LogP contribution in [0.5, 0.6) is 0 Å². The summed E-state index contributed by atoms with van der Waals surface area (Å²) in [6.07, 6.45) is 4.87. The number of hydrogen-bond acceptors (Lipinski definition) is 3. The highest BCUT2D eigenvalue weighted by molar-refractivity contribution is 5.79. The van der Waals surface area contributed by atoms with E-state index in [4.69, 9.17) is 0 Å². The maximum absolute atomic E-state index is 10.6. The molecule has 14 heavy (non-hydrogen) atoms. The first kappa shape index (κ1) is 9.71. The molecule has 2 unspecified atom stereocenters. The van der Waals surface area contributed by atoms with Crippen molar-refractivity contribution in [2.24, 2.45) is 11.8 Å². The van der Waals surface area contributed by atoms with E-state index < -0.39 is 5.97 Å². The molecule has 0 aromatic rings. The van der Waals surface area contributed by atoms with Crippen LogP contribution in [0.2, 0.25) is 0 Å². The van der Waals surface area contributed by atoms with Gasteiger partial charge in [-0.2, -0.15) is 0 Å². The molecule has 1 aliphatic heterocycles. The fraction of sp³-hybridized carbons (Fsp3) is 0.727. The predicted molar refractivity (Wildman–Crippen MR) is 51.4 cm³/mol. The fourth-order valence-corrected chi connectivity index (χ4v) is 2.87. The number of rotatable bonds is 1. The lowest BCUT2D eigenvalue weighted by Gasteiger charge is -2.42. The Kier molecular flexibility index (Phi) is 2.59.